The van der Waals surface area contributed by atoms with Crippen molar-refractivity contribution in [1.29, 1.82) is 0 Å². The van der Waals surface area contributed by atoms with E-state index in [4.69, 9.17) is 9.47 Å². The number of hydrogen-bond acceptors (Lipinski definition) is 6. The van der Waals surface area contributed by atoms with Crippen LogP contribution in [0.2, 0.25) is 0 Å². The fourth-order valence-electron chi connectivity index (χ4n) is 2.18. The highest BCUT2D eigenvalue weighted by Crippen LogP contribution is 2.33. The van der Waals surface area contributed by atoms with Crippen LogP contribution in [0, 0.1) is 0 Å². The average Bonchev–Trinajstić information content (AvgIpc) is 2.55. The predicted octanol–water partition coefficient (Wildman–Crippen LogP) is 3.20. The van der Waals surface area contributed by atoms with Crippen LogP contribution < -0.4 is 20.1 Å². The molecule has 0 radical (unpaired) electrons. The normalized spacial score (nSPS) is 12.8. The highest BCUT2D eigenvalue weighted by Gasteiger charge is 2.11. The summed E-state index contributed by atoms with van der Waals surface area (Å²) in [6.07, 6.45) is 3.82. The van der Waals surface area contributed by atoms with Crippen LogP contribution in [-0.4, -0.2) is 29.7 Å². The second-order valence-corrected chi connectivity index (χ2v) is 5.05. The van der Waals surface area contributed by atoms with Crippen LogP contribution >= 0.6 is 0 Å². The zero-order valence-electron chi connectivity index (χ0n) is 12.6. The van der Waals surface area contributed by atoms with Crippen LogP contribution in [0.5, 0.6) is 11.5 Å². The molecule has 2 aromatic rings. The number of benzene rings is 1. The monoisotopic (exact) mass is 300 g/mol. The lowest BCUT2D eigenvalue weighted by Crippen LogP contribution is -2.15. The number of hydrogen-bond donors (Lipinski definition) is 2. The number of nitrogens with zero attached hydrogens (tertiary/aromatic N) is 2. The molecule has 22 heavy (non-hydrogen) atoms. The van der Waals surface area contributed by atoms with Gasteiger partial charge < -0.3 is 20.1 Å². The lowest BCUT2D eigenvalue weighted by atomic mass is 10.2. The quantitative estimate of drug-likeness (QED) is 0.798. The summed E-state index contributed by atoms with van der Waals surface area (Å²) in [4.78, 5) is 8.46. The van der Waals surface area contributed by atoms with E-state index in [1.54, 1.807) is 6.33 Å². The maximum absolute atomic E-state index is 5.58. The number of fused-ring (bicyclic) bond motifs is 1. The number of unbranched alkanes of at least 4 members (excludes halogenated alkanes) is 1. The van der Waals surface area contributed by atoms with E-state index in [9.17, 15) is 0 Å². The van der Waals surface area contributed by atoms with Crippen molar-refractivity contribution in [3.05, 3.63) is 30.6 Å². The summed E-state index contributed by atoms with van der Waals surface area (Å²) in [7, 11) is 0. The van der Waals surface area contributed by atoms with E-state index in [2.05, 4.69) is 27.5 Å². The standard InChI is InChI=1S/C16H20N4O2/c1-2-3-6-17-15-10-16(19-11-18-15)20-12-4-5-13-14(9-12)22-8-7-21-13/h4-5,9-11H,2-3,6-8H2,1H3,(H2,17,18,19,20). The van der Waals surface area contributed by atoms with Crippen LogP contribution in [0.1, 0.15) is 19.8 Å². The highest BCUT2D eigenvalue weighted by molar-refractivity contribution is 5.63. The average molecular weight is 300 g/mol. The molecule has 6 nitrogen and oxygen atoms in total. The molecule has 116 valence electrons. The van der Waals surface area contributed by atoms with Gasteiger partial charge in [-0.3, -0.25) is 0 Å². The van der Waals surface area contributed by atoms with E-state index in [1.807, 2.05) is 24.3 Å². The van der Waals surface area contributed by atoms with Gasteiger partial charge in [-0.2, -0.15) is 0 Å². The Bertz CT molecular complexity index is 633. The van der Waals surface area contributed by atoms with Gasteiger partial charge in [0.2, 0.25) is 0 Å². The summed E-state index contributed by atoms with van der Waals surface area (Å²) in [5.41, 5.74) is 0.905. The van der Waals surface area contributed by atoms with Crippen molar-refractivity contribution >= 4 is 17.3 Å². The van der Waals surface area contributed by atoms with Crippen LogP contribution in [-0.2, 0) is 0 Å². The SMILES string of the molecule is CCCCNc1cc(Nc2ccc3c(c2)OCCO3)ncn1. The minimum Gasteiger partial charge on any atom is -0.486 e. The molecule has 6 heteroatoms. The van der Waals surface area contributed by atoms with Gasteiger partial charge in [-0.25, -0.2) is 9.97 Å². The van der Waals surface area contributed by atoms with Gasteiger partial charge in [-0.05, 0) is 18.6 Å². The van der Waals surface area contributed by atoms with E-state index < -0.39 is 0 Å². The highest BCUT2D eigenvalue weighted by atomic mass is 16.6. The first-order valence-corrected chi connectivity index (χ1v) is 7.58. The van der Waals surface area contributed by atoms with Gasteiger partial charge in [0, 0.05) is 24.4 Å². The summed E-state index contributed by atoms with van der Waals surface area (Å²) in [5.74, 6) is 3.10. The molecule has 0 amide bonds. The number of rotatable bonds is 6. The maximum Gasteiger partial charge on any atom is 0.163 e. The molecule has 0 spiro atoms. The fourth-order valence-corrected chi connectivity index (χ4v) is 2.18. The molecule has 0 fully saturated rings. The van der Waals surface area contributed by atoms with Gasteiger partial charge in [-0.15, -0.1) is 0 Å². The van der Waals surface area contributed by atoms with E-state index >= 15 is 0 Å². The van der Waals surface area contributed by atoms with Gasteiger partial charge in [0.15, 0.2) is 11.5 Å². The first-order chi connectivity index (χ1) is 10.8. The third-order valence-corrected chi connectivity index (χ3v) is 3.32. The van der Waals surface area contributed by atoms with Gasteiger partial charge >= 0.3 is 0 Å². The molecule has 1 aromatic heterocycles. The second-order valence-electron chi connectivity index (χ2n) is 5.05. The van der Waals surface area contributed by atoms with Crippen LogP contribution in [0.25, 0.3) is 0 Å². The van der Waals surface area contributed by atoms with Gasteiger partial charge in [0.05, 0.1) is 0 Å². The second kappa shape index (κ2) is 6.98. The van der Waals surface area contributed by atoms with Crippen molar-refractivity contribution < 1.29 is 9.47 Å². The maximum atomic E-state index is 5.58. The first-order valence-electron chi connectivity index (χ1n) is 7.58. The molecule has 3 rings (SSSR count). The summed E-state index contributed by atoms with van der Waals surface area (Å²) >= 11 is 0. The molecule has 2 heterocycles. The number of anilines is 3. The van der Waals surface area contributed by atoms with Gasteiger partial charge in [0.1, 0.15) is 31.2 Å². The molecule has 0 saturated heterocycles. The first kappa shape index (κ1) is 14.4. The summed E-state index contributed by atoms with van der Waals surface area (Å²) in [6, 6.07) is 7.66. The van der Waals surface area contributed by atoms with Crippen molar-refractivity contribution in [2.45, 2.75) is 19.8 Å². The Labute approximate surface area is 129 Å². The Balaban J connectivity index is 1.68. The smallest absolute Gasteiger partial charge is 0.163 e. The fraction of sp³-hybridized carbons (Fsp3) is 0.375. The zero-order valence-corrected chi connectivity index (χ0v) is 12.6. The molecule has 0 aliphatic carbocycles. The summed E-state index contributed by atoms with van der Waals surface area (Å²) < 4.78 is 11.1. The largest absolute Gasteiger partial charge is 0.486 e. The van der Waals surface area contributed by atoms with E-state index in [0.29, 0.717) is 13.2 Å². The lowest BCUT2D eigenvalue weighted by molar-refractivity contribution is 0.171. The van der Waals surface area contributed by atoms with E-state index in [0.717, 1.165) is 48.2 Å². The topological polar surface area (TPSA) is 68.3 Å². The molecule has 0 atom stereocenters. The molecule has 1 aliphatic rings. The molecule has 0 saturated carbocycles. The molecular weight excluding hydrogens is 280 g/mol. The Morgan fingerprint density at radius 3 is 2.73 bits per heavy atom. The Kier molecular flexibility index (Phi) is 4.58. The van der Waals surface area contributed by atoms with E-state index in [-0.39, 0.29) is 0 Å². The van der Waals surface area contributed by atoms with E-state index in [1.165, 1.54) is 0 Å². The lowest BCUT2D eigenvalue weighted by Gasteiger charge is -2.19. The molecule has 1 aliphatic heterocycles. The molecule has 1 aromatic carbocycles. The minimum atomic E-state index is 0.579. The van der Waals surface area contributed by atoms with Crippen molar-refractivity contribution in [3.63, 3.8) is 0 Å². The third-order valence-electron chi connectivity index (χ3n) is 3.32. The molecule has 2 N–H and O–H groups in total. The van der Waals surface area contributed by atoms with Crippen LogP contribution in [0.15, 0.2) is 30.6 Å². The summed E-state index contributed by atoms with van der Waals surface area (Å²) in [5, 5.41) is 6.54. The van der Waals surface area contributed by atoms with Crippen LogP contribution in [0.4, 0.5) is 17.3 Å². The Morgan fingerprint density at radius 1 is 1.05 bits per heavy atom. The predicted molar refractivity (Wildman–Crippen MR) is 86.1 cm³/mol. The van der Waals surface area contributed by atoms with Gasteiger partial charge in [0.25, 0.3) is 0 Å². The van der Waals surface area contributed by atoms with Crippen LogP contribution in [0.3, 0.4) is 0 Å². The van der Waals surface area contributed by atoms with Crippen molar-refractivity contribution in [2.75, 3.05) is 30.4 Å². The molecular formula is C16H20N4O2. The number of nitrogens with one attached hydrogen (secondary N) is 2. The van der Waals surface area contributed by atoms with Crippen molar-refractivity contribution in [3.8, 4) is 11.5 Å². The third kappa shape index (κ3) is 3.58. The van der Waals surface area contributed by atoms with Crippen molar-refractivity contribution in [2.24, 2.45) is 0 Å². The number of aromatic nitrogens is 2. The molecule has 0 unspecified atom stereocenters. The Morgan fingerprint density at radius 2 is 1.86 bits per heavy atom. The molecule has 0 bridgehead atoms. The van der Waals surface area contributed by atoms with Crippen molar-refractivity contribution in [1.82, 2.24) is 9.97 Å². The zero-order chi connectivity index (χ0) is 15.2. The van der Waals surface area contributed by atoms with Gasteiger partial charge in [-0.1, -0.05) is 13.3 Å². The number of ether oxygens (including phenoxy) is 2. The minimum absolute atomic E-state index is 0.579. The summed E-state index contributed by atoms with van der Waals surface area (Å²) in [6.45, 7) is 4.25. The Hall–Kier alpha value is -2.50.